The maximum atomic E-state index is 6.21. The Hall–Kier alpha value is -1.49. The predicted octanol–water partition coefficient (Wildman–Crippen LogP) is 5.19. The summed E-state index contributed by atoms with van der Waals surface area (Å²) in [5, 5.41) is 5.67. The average Bonchev–Trinajstić information content (AvgIpc) is 2.83. The lowest BCUT2D eigenvalue weighted by Crippen LogP contribution is -1.94. The highest BCUT2D eigenvalue weighted by Crippen LogP contribution is 2.33. The zero-order valence-electron chi connectivity index (χ0n) is 10.7. The van der Waals surface area contributed by atoms with Crippen LogP contribution in [0.5, 0.6) is 0 Å². The molecule has 0 spiro atoms. The number of nitrogen functional groups attached to an aromatic ring is 1. The maximum Gasteiger partial charge on any atom is 0.117 e. The summed E-state index contributed by atoms with van der Waals surface area (Å²) in [4.78, 5) is 0. The smallest absolute Gasteiger partial charge is 0.117 e. The molecule has 3 aromatic rings. The Kier molecular flexibility index (Phi) is 3.93. The van der Waals surface area contributed by atoms with Gasteiger partial charge in [0.05, 0.1) is 22.6 Å². The fourth-order valence-electron chi connectivity index (χ4n) is 2.03. The number of hydrogen-bond acceptors (Lipinski definition) is 2. The molecule has 0 amide bonds. The zero-order chi connectivity index (χ0) is 15.0. The third-order valence-corrected chi connectivity index (χ3v) is 4.06. The minimum Gasteiger partial charge on any atom is -0.396 e. The molecular formula is C15H10BrCl2N3. The van der Waals surface area contributed by atoms with Gasteiger partial charge in [-0.2, -0.15) is 5.10 Å². The van der Waals surface area contributed by atoms with Crippen molar-refractivity contribution in [2.75, 3.05) is 5.73 Å². The molecule has 0 aliphatic rings. The second-order valence-corrected chi connectivity index (χ2v) is 6.24. The van der Waals surface area contributed by atoms with E-state index in [9.17, 15) is 0 Å². The molecule has 0 saturated carbocycles. The van der Waals surface area contributed by atoms with E-state index in [1.807, 2.05) is 24.3 Å². The summed E-state index contributed by atoms with van der Waals surface area (Å²) in [6.07, 6.45) is 1.76. The van der Waals surface area contributed by atoms with Gasteiger partial charge in [-0.15, -0.1) is 0 Å². The van der Waals surface area contributed by atoms with E-state index in [4.69, 9.17) is 28.9 Å². The molecule has 6 heteroatoms. The average molecular weight is 383 g/mol. The van der Waals surface area contributed by atoms with Gasteiger partial charge in [0.15, 0.2) is 0 Å². The van der Waals surface area contributed by atoms with Crippen molar-refractivity contribution in [3.8, 4) is 16.9 Å². The lowest BCUT2D eigenvalue weighted by atomic mass is 10.1. The van der Waals surface area contributed by atoms with Gasteiger partial charge in [0, 0.05) is 15.1 Å². The molecule has 0 atom stereocenters. The SMILES string of the molecule is Nc1cn(-c2cccc(Br)c2)nc1-c1cc(Cl)ccc1Cl. The first kappa shape index (κ1) is 14.4. The molecule has 1 heterocycles. The van der Waals surface area contributed by atoms with E-state index in [1.54, 1.807) is 29.1 Å². The van der Waals surface area contributed by atoms with Crippen LogP contribution in [-0.4, -0.2) is 9.78 Å². The predicted molar refractivity (Wildman–Crippen MR) is 91.1 cm³/mol. The number of aromatic nitrogens is 2. The van der Waals surface area contributed by atoms with Gasteiger partial charge < -0.3 is 5.73 Å². The molecule has 0 aliphatic carbocycles. The maximum absolute atomic E-state index is 6.21. The van der Waals surface area contributed by atoms with Crippen LogP contribution in [-0.2, 0) is 0 Å². The van der Waals surface area contributed by atoms with Crippen molar-refractivity contribution in [3.63, 3.8) is 0 Å². The third kappa shape index (κ3) is 2.93. The Morgan fingerprint density at radius 3 is 2.67 bits per heavy atom. The van der Waals surface area contributed by atoms with Crippen LogP contribution in [0.1, 0.15) is 0 Å². The van der Waals surface area contributed by atoms with Gasteiger partial charge >= 0.3 is 0 Å². The molecule has 0 saturated heterocycles. The second-order valence-electron chi connectivity index (χ2n) is 4.48. The van der Waals surface area contributed by atoms with E-state index in [-0.39, 0.29) is 0 Å². The number of halogens is 3. The molecule has 0 aliphatic heterocycles. The van der Waals surface area contributed by atoms with E-state index in [2.05, 4.69) is 21.0 Å². The highest BCUT2D eigenvalue weighted by Gasteiger charge is 2.13. The summed E-state index contributed by atoms with van der Waals surface area (Å²) in [5.74, 6) is 0. The van der Waals surface area contributed by atoms with Crippen molar-refractivity contribution >= 4 is 44.8 Å². The number of anilines is 1. The lowest BCUT2D eigenvalue weighted by molar-refractivity contribution is 0.884. The molecule has 2 N–H and O–H groups in total. The van der Waals surface area contributed by atoms with Crippen LogP contribution in [0.15, 0.2) is 53.1 Å². The molecule has 3 rings (SSSR count). The number of rotatable bonds is 2. The molecule has 2 aromatic carbocycles. The van der Waals surface area contributed by atoms with E-state index >= 15 is 0 Å². The van der Waals surface area contributed by atoms with Crippen molar-refractivity contribution < 1.29 is 0 Å². The van der Waals surface area contributed by atoms with E-state index < -0.39 is 0 Å². The van der Waals surface area contributed by atoms with E-state index in [0.29, 0.717) is 21.4 Å². The Morgan fingerprint density at radius 1 is 1.10 bits per heavy atom. The molecule has 3 nitrogen and oxygen atoms in total. The van der Waals surface area contributed by atoms with E-state index in [0.717, 1.165) is 15.7 Å². The molecule has 0 fully saturated rings. The van der Waals surface area contributed by atoms with Gasteiger partial charge in [-0.3, -0.25) is 0 Å². The first-order valence-corrected chi connectivity index (χ1v) is 7.66. The van der Waals surface area contributed by atoms with Gasteiger partial charge in [-0.05, 0) is 36.4 Å². The van der Waals surface area contributed by atoms with Crippen LogP contribution in [0, 0.1) is 0 Å². The largest absolute Gasteiger partial charge is 0.396 e. The van der Waals surface area contributed by atoms with Crippen molar-refractivity contribution in [2.45, 2.75) is 0 Å². The fourth-order valence-corrected chi connectivity index (χ4v) is 2.79. The molecule has 1 aromatic heterocycles. The Balaban J connectivity index is 2.12. The van der Waals surface area contributed by atoms with Crippen LogP contribution < -0.4 is 5.73 Å². The summed E-state index contributed by atoms with van der Waals surface area (Å²) in [7, 11) is 0. The zero-order valence-corrected chi connectivity index (χ0v) is 13.8. The molecule has 0 unspecified atom stereocenters. The summed E-state index contributed by atoms with van der Waals surface area (Å²) in [6, 6.07) is 13.0. The minimum absolute atomic E-state index is 0.541. The van der Waals surface area contributed by atoms with Crippen molar-refractivity contribution in [2.24, 2.45) is 0 Å². The summed E-state index contributed by atoms with van der Waals surface area (Å²) >= 11 is 15.7. The summed E-state index contributed by atoms with van der Waals surface area (Å²) in [5.41, 5.74) is 8.85. The summed E-state index contributed by atoms with van der Waals surface area (Å²) < 4.78 is 2.68. The standard InChI is InChI=1S/C15H10BrCl2N3/c16-9-2-1-3-11(6-9)21-8-14(19)15(20-21)12-7-10(17)4-5-13(12)18/h1-8H,19H2. The molecular weight excluding hydrogens is 373 g/mol. The van der Waals surface area contributed by atoms with Crippen LogP contribution in [0.3, 0.4) is 0 Å². The minimum atomic E-state index is 0.541. The van der Waals surface area contributed by atoms with Crippen LogP contribution in [0.25, 0.3) is 16.9 Å². The summed E-state index contributed by atoms with van der Waals surface area (Å²) in [6.45, 7) is 0. The monoisotopic (exact) mass is 381 g/mol. The molecule has 0 bridgehead atoms. The number of hydrogen-bond donors (Lipinski definition) is 1. The second kappa shape index (κ2) is 5.72. The van der Waals surface area contributed by atoms with Crippen molar-refractivity contribution in [1.29, 1.82) is 0 Å². The van der Waals surface area contributed by atoms with E-state index in [1.165, 1.54) is 0 Å². The normalized spacial score (nSPS) is 10.8. The highest BCUT2D eigenvalue weighted by molar-refractivity contribution is 9.10. The first-order chi connectivity index (χ1) is 10.0. The van der Waals surface area contributed by atoms with Gasteiger partial charge in [-0.1, -0.05) is 45.2 Å². The van der Waals surface area contributed by atoms with Crippen LogP contribution in [0.2, 0.25) is 10.0 Å². The highest BCUT2D eigenvalue weighted by atomic mass is 79.9. The quantitative estimate of drug-likeness (QED) is 0.662. The van der Waals surface area contributed by atoms with Gasteiger partial charge in [0.25, 0.3) is 0 Å². The molecule has 0 radical (unpaired) electrons. The van der Waals surface area contributed by atoms with Crippen LogP contribution in [0.4, 0.5) is 5.69 Å². The van der Waals surface area contributed by atoms with Crippen molar-refractivity contribution in [1.82, 2.24) is 9.78 Å². The molecule has 106 valence electrons. The van der Waals surface area contributed by atoms with Crippen molar-refractivity contribution in [3.05, 3.63) is 63.2 Å². The van der Waals surface area contributed by atoms with Gasteiger partial charge in [0.2, 0.25) is 0 Å². The Labute approximate surface area is 140 Å². The number of nitrogens with two attached hydrogens (primary N) is 1. The first-order valence-electron chi connectivity index (χ1n) is 6.11. The Morgan fingerprint density at radius 2 is 1.90 bits per heavy atom. The number of benzene rings is 2. The third-order valence-electron chi connectivity index (χ3n) is 3.00. The lowest BCUT2D eigenvalue weighted by Gasteiger charge is -2.03. The topological polar surface area (TPSA) is 43.8 Å². The van der Waals surface area contributed by atoms with Gasteiger partial charge in [0.1, 0.15) is 5.69 Å². The van der Waals surface area contributed by atoms with Crippen LogP contribution >= 0.6 is 39.1 Å². The molecule has 21 heavy (non-hydrogen) atoms. The number of nitrogens with zero attached hydrogens (tertiary/aromatic N) is 2. The fraction of sp³-hybridized carbons (Fsp3) is 0. The Bertz CT molecular complexity index is 814. The van der Waals surface area contributed by atoms with Gasteiger partial charge in [-0.25, -0.2) is 4.68 Å².